The van der Waals surface area contributed by atoms with Gasteiger partial charge in [-0.1, -0.05) is 29.8 Å². The maximum atomic E-state index is 8.78. The van der Waals surface area contributed by atoms with Crippen LogP contribution in [0.15, 0.2) is 23.8 Å². The Bertz CT molecular complexity index is 390. The zero-order valence-electron chi connectivity index (χ0n) is 10.00. The van der Waals surface area contributed by atoms with Gasteiger partial charge in [0, 0.05) is 6.61 Å². The Morgan fingerprint density at radius 2 is 2.12 bits per heavy atom. The van der Waals surface area contributed by atoms with Crippen LogP contribution in [0.25, 0.3) is 6.08 Å². The van der Waals surface area contributed by atoms with E-state index in [9.17, 15) is 0 Å². The number of aliphatic hydroxyl groups is 1. The van der Waals surface area contributed by atoms with Crippen LogP contribution < -0.4 is 0 Å². The first-order chi connectivity index (χ1) is 7.79. The second-order valence-corrected chi connectivity index (χ2v) is 4.70. The Balaban J connectivity index is 2.09. The summed E-state index contributed by atoms with van der Waals surface area (Å²) in [6.45, 7) is 2.43. The van der Waals surface area contributed by atoms with Crippen molar-refractivity contribution in [2.45, 2.75) is 39.0 Å². The van der Waals surface area contributed by atoms with E-state index in [1.165, 1.54) is 41.5 Å². The molecule has 0 amide bonds. The maximum Gasteiger partial charge on any atom is 0.0434 e. The zero-order valence-corrected chi connectivity index (χ0v) is 10.00. The highest BCUT2D eigenvalue weighted by atomic mass is 16.2. The zero-order chi connectivity index (χ0) is 11.4. The van der Waals surface area contributed by atoms with Crippen molar-refractivity contribution in [3.05, 3.63) is 40.5 Å². The minimum Gasteiger partial charge on any atom is -0.396 e. The van der Waals surface area contributed by atoms with E-state index in [0.717, 1.165) is 12.8 Å². The van der Waals surface area contributed by atoms with Gasteiger partial charge in [0.25, 0.3) is 0 Å². The van der Waals surface area contributed by atoms with Gasteiger partial charge in [0.05, 0.1) is 0 Å². The number of fused-ring (bicyclic) bond motifs is 1. The summed E-state index contributed by atoms with van der Waals surface area (Å²) in [5.74, 6) is 0. The molecule has 0 saturated carbocycles. The maximum absolute atomic E-state index is 8.78. The summed E-state index contributed by atoms with van der Waals surface area (Å²) < 4.78 is 0. The molecule has 86 valence electrons. The van der Waals surface area contributed by atoms with E-state index in [-0.39, 0.29) is 6.61 Å². The molecule has 0 radical (unpaired) electrons. The lowest BCUT2D eigenvalue weighted by atomic mass is 10.0. The van der Waals surface area contributed by atoms with E-state index < -0.39 is 0 Å². The minimum atomic E-state index is 0.287. The van der Waals surface area contributed by atoms with Crippen LogP contribution in [0, 0.1) is 0 Å². The first kappa shape index (κ1) is 11.4. The number of allylic oxidation sites excluding steroid dienone is 1. The molecule has 2 rings (SSSR count). The van der Waals surface area contributed by atoms with E-state index in [4.69, 9.17) is 5.11 Å². The Labute approximate surface area is 97.8 Å². The quantitative estimate of drug-likeness (QED) is 0.818. The first-order valence-electron chi connectivity index (χ1n) is 6.19. The fourth-order valence-corrected chi connectivity index (χ4v) is 2.40. The van der Waals surface area contributed by atoms with Gasteiger partial charge >= 0.3 is 0 Å². The van der Waals surface area contributed by atoms with Gasteiger partial charge < -0.3 is 5.11 Å². The number of hydrogen-bond donors (Lipinski definition) is 1. The van der Waals surface area contributed by atoms with Crippen LogP contribution in [0.1, 0.15) is 42.9 Å². The lowest BCUT2D eigenvalue weighted by Crippen LogP contribution is -1.86. The normalized spacial score (nSPS) is 15.2. The van der Waals surface area contributed by atoms with Crippen molar-refractivity contribution in [1.29, 1.82) is 0 Å². The van der Waals surface area contributed by atoms with Crippen LogP contribution in [0.4, 0.5) is 0 Å². The molecule has 1 aliphatic rings. The van der Waals surface area contributed by atoms with Gasteiger partial charge in [-0.25, -0.2) is 0 Å². The fraction of sp³-hybridized carbons (Fsp3) is 0.467. The van der Waals surface area contributed by atoms with Gasteiger partial charge in [0.2, 0.25) is 0 Å². The average molecular weight is 216 g/mol. The van der Waals surface area contributed by atoms with Gasteiger partial charge in [0.1, 0.15) is 0 Å². The minimum absolute atomic E-state index is 0.287. The molecule has 0 saturated heterocycles. The monoisotopic (exact) mass is 216 g/mol. The molecular formula is C15H20O. The summed E-state index contributed by atoms with van der Waals surface area (Å²) in [4.78, 5) is 0. The summed E-state index contributed by atoms with van der Waals surface area (Å²) in [7, 11) is 0. The largest absolute Gasteiger partial charge is 0.396 e. The van der Waals surface area contributed by atoms with Crippen molar-refractivity contribution < 1.29 is 5.11 Å². The number of rotatable bonds is 4. The number of aliphatic hydroxyl groups excluding tert-OH is 1. The van der Waals surface area contributed by atoms with E-state index >= 15 is 0 Å². The van der Waals surface area contributed by atoms with Gasteiger partial charge in [-0.2, -0.15) is 0 Å². The van der Waals surface area contributed by atoms with Gasteiger partial charge in [-0.3, -0.25) is 0 Å². The predicted octanol–water partition coefficient (Wildman–Crippen LogP) is 3.35. The van der Waals surface area contributed by atoms with Crippen LogP contribution in [0.3, 0.4) is 0 Å². The molecule has 0 bridgehead atoms. The molecule has 0 aromatic heterocycles. The van der Waals surface area contributed by atoms with E-state index in [1.54, 1.807) is 0 Å². The highest BCUT2D eigenvalue weighted by Gasteiger charge is 2.09. The smallest absolute Gasteiger partial charge is 0.0434 e. The molecular weight excluding hydrogens is 196 g/mol. The van der Waals surface area contributed by atoms with Gasteiger partial charge in [-0.15, -0.1) is 0 Å². The molecule has 1 aromatic rings. The Morgan fingerprint density at radius 1 is 1.31 bits per heavy atom. The van der Waals surface area contributed by atoms with Gasteiger partial charge in [-0.05, 0) is 55.7 Å². The lowest BCUT2D eigenvalue weighted by molar-refractivity contribution is 0.288. The Hall–Kier alpha value is -1.08. The summed E-state index contributed by atoms with van der Waals surface area (Å²) in [5, 5.41) is 8.78. The average Bonchev–Trinajstić information content (AvgIpc) is 2.73. The molecule has 0 atom stereocenters. The second-order valence-electron chi connectivity index (χ2n) is 4.70. The van der Waals surface area contributed by atoms with Crippen LogP contribution in [0.5, 0.6) is 0 Å². The second kappa shape index (κ2) is 5.31. The summed E-state index contributed by atoms with van der Waals surface area (Å²) in [6, 6.07) is 6.81. The SMILES string of the molecule is CC(=Cc1ccc2c(c1)CCC2)CCCO. The summed E-state index contributed by atoms with van der Waals surface area (Å²) in [5.41, 5.74) is 5.73. The van der Waals surface area contributed by atoms with Crippen molar-refractivity contribution >= 4 is 6.08 Å². The highest BCUT2D eigenvalue weighted by molar-refractivity contribution is 5.55. The van der Waals surface area contributed by atoms with Crippen LogP contribution in [-0.2, 0) is 12.8 Å². The fourth-order valence-electron chi connectivity index (χ4n) is 2.40. The number of hydrogen-bond acceptors (Lipinski definition) is 1. The molecule has 1 aromatic carbocycles. The molecule has 1 nitrogen and oxygen atoms in total. The number of benzene rings is 1. The number of aryl methyl sites for hydroxylation is 2. The van der Waals surface area contributed by atoms with E-state index in [2.05, 4.69) is 31.2 Å². The molecule has 0 aliphatic heterocycles. The molecule has 1 aliphatic carbocycles. The van der Waals surface area contributed by atoms with E-state index in [1.807, 2.05) is 0 Å². The lowest BCUT2D eigenvalue weighted by Gasteiger charge is -2.03. The molecule has 0 spiro atoms. The van der Waals surface area contributed by atoms with Gasteiger partial charge in [0.15, 0.2) is 0 Å². The third-order valence-electron chi connectivity index (χ3n) is 3.26. The predicted molar refractivity (Wildman–Crippen MR) is 68.4 cm³/mol. The van der Waals surface area contributed by atoms with Crippen molar-refractivity contribution in [2.24, 2.45) is 0 Å². The van der Waals surface area contributed by atoms with E-state index in [0.29, 0.717) is 0 Å². The van der Waals surface area contributed by atoms with Crippen LogP contribution >= 0.6 is 0 Å². The molecule has 1 heteroatoms. The molecule has 0 heterocycles. The topological polar surface area (TPSA) is 20.2 Å². The molecule has 1 N–H and O–H groups in total. The Kier molecular flexibility index (Phi) is 3.79. The third-order valence-corrected chi connectivity index (χ3v) is 3.26. The van der Waals surface area contributed by atoms with Crippen molar-refractivity contribution in [2.75, 3.05) is 6.61 Å². The van der Waals surface area contributed by atoms with Crippen LogP contribution in [-0.4, -0.2) is 11.7 Å². The highest BCUT2D eigenvalue weighted by Crippen LogP contribution is 2.24. The molecule has 0 unspecified atom stereocenters. The molecule has 16 heavy (non-hydrogen) atoms. The summed E-state index contributed by atoms with van der Waals surface area (Å²) in [6.07, 6.45) is 7.91. The third kappa shape index (κ3) is 2.73. The van der Waals surface area contributed by atoms with Crippen molar-refractivity contribution in [1.82, 2.24) is 0 Å². The van der Waals surface area contributed by atoms with Crippen LogP contribution in [0.2, 0.25) is 0 Å². The molecule has 0 fully saturated rings. The van der Waals surface area contributed by atoms with Crippen molar-refractivity contribution in [3.8, 4) is 0 Å². The first-order valence-corrected chi connectivity index (χ1v) is 6.19. The summed E-state index contributed by atoms with van der Waals surface area (Å²) >= 11 is 0. The van der Waals surface area contributed by atoms with Crippen molar-refractivity contribution in [3.63, 3.8) is 0 Å². The standard InChI is InChI=1S/C15H20O/c1-12(4-3-9-16)10-13-7-8-14-5-2-6-15(14)11-13/h7-8,10-11,16H,2-6,9H2,1H3. The Morgan fingerprint density at radius 3 is 2.94 bits per heavy atom.